The highest BCUT2D eigenvalue weighted by Gasteiger charge is 2.28. The van der Waals surface area contributed by atoms with Crippen LogP contribution in [0.1, 0.15) is 19.8 Å². The van der Waals surface area contributed by atoms with Gasteiger partial charge in [-0.1, -0.05) is 6.92 Å². The SMILES string of the molecule is CCCN(CC(=O)N(C)C)S(=O)(=O)N(C)CCC(=O)O. The molecular weight excluding hydrogens is 286 g/mol. The van der Waals surface area contributed by atoms with Gasteiger partial charge in [0.15, 0.2) is 0 Å². The molecule has 1 amide bonds. The molecule has 0 heterocycles. The topological polar surface area (TPSA) is 98.2 Å². The van der Waals surface area contributed by atoms with Crippen LogP contribution >= 0.6 is 0 Å². The Hall–Kier alpha value is -1.19. The molecule has 0 aromatic rings. The van der Waals surface area contributed by atoms with Gasteiger partial charge in [0.25, 0.3) is 10.2 Å². The first kappa shape index (κ1) is 18.8. The largest absolute Gasteiger partial charge is 0.481 e. The lowest BCUT2D eigenvalue weighted by Gasteiger charge is -2.27. The van der Waals surface area contributed by atoms with Gasteiger partial charge in [-0.05, 0) is 6.42 Å². The molecule has 0 fully saturated rings. The Morgan fingerprint density at radius 2 is 1.65 bits per heavy atom. The summed E-state index contributed by atoms with van der Waals surface area (Å²) < 4.78 is 26.6. The minimum absolute atomic E-state index is 0.131. The zero-order valence-electron chi connectivity index (χ0n) is 12.4. The normalized spacial score (nSPS) is 11.9. The van der Waals surface area contributed by atoms with E-state index in [1.807, 2.05) is 0 Å². The molecule has 0 atom stereocenters. The number of nitrogens with zero attached hydrogens (tertiary/aromatic N) is 3. The fourth-order valence-corrected chi connectivity index (χ4v) is 2.79. The molecule has 0 aliphatic rings. The van der Waals surface area contributed by atoms with Gasteiger partial charge in [-0.3, -0.25) is 9.59 Å². The van der Waals surface area contributed by atoms with Gasteiger partial charge in [0.2, 0.25) is 5.91 Å². The van der Waals surface area contributed by atoms with Crippen LogP contribution < -0.4 is 0 Å². The van der Waals surface area contributed by atoms with Gasteiger partial charge < -0.3 is 10.0 Å². The zero-order valence-corrected chi connectivity index (χ0v) is 13.2. The van der Waals surface area contributed by atoms with E-state index in [4.69, 9.17) is 5.11 Å². The number of aliphatic carboxylic acids is 1. The monoisotopic (exact) mass is 309 g/mol. The molecule has 0 saturated carbocycles. The van der Waals surface area contributed by atoms with Crippen molar-refractivity contribution < 1.29 is 23.1 Å². The van der Waals surface area contributed by atoms with Crippen molar-refractivity contribution >= 4 is 22.1 Å². The van der Waals surface area contributed by atoms with E-state index in [9.17, 15) is 18.0 Å². The number of carboxylic acid groups (broad SMARTS) is 1. The van der Waals surface area contributed by atoms with Gasteiger partial charge >= 0.3 is 5.97 Å². The molecule has 0 bridgehead atoms. The highest BCUT2D eigenvalue weighted by Crippen LogP contribution is 2.08. The molecule has 0 spiro atoms. The summed E-state index contributed by atoms with van der Waals surface area (Å²) in [7, 11) is 0.573. The first-order valence-electron chi connectivity index (χ1n) is 6.26. The van der Waals surface area contributed by atoms with Crippen LogP contribution in [0.5, 0.6) is 0 Å². The lowest BCUT2D eigenvalue weighted by atomic mass is 10.4. The predicted octanol–water partition coefficient (Wildman–Crippen LogP) is -0.562. The van der Waals surface area contributed by atoms with Crippen LogP contribution in [0, 0.1) is 0 Å². The van der Waals surface area contributed by atoms with Gasteiger partial charge in [0.05, 0.1) is 13.0 Å². The molecule has 0 aliphatic heterocycles. The molecule has 118 valence electrons. The molecule has 0 aromatic carbocycles. The molecular formula is C11H23N3O5S. The van der Waals surface area contributed by atoms with E-state index in [1.165, 1.54) is 11.9 Å². The molecule has 0 rings (SSSR count). The quantitative estimate of drug-likeness (QED) is 0.615. The summed E-state index contributed by atoms with van der Waals surface area (Å²) in [6, 6.07) is 0. The fraction of sp³-hybridized carbons (Fsp3) is 0.818. The first-order valence-corrected chi connectivity index (χ1v) is 7.66. The summed E-state index contributed by atoms with van der Waals surface area (Å²) in [6.07, 6.45) is 0.282. The lowest BCUT2D eigenvalue weighted by Crippen LogP contribution is -2.47. The number of carbonyl (C=O) groups excluding carboxylic acids is 1. The highest BCUT2D eigenvalue weighted by molar-refractivity contribution is 7.86. The summed E-state index contributed by atoms with van der Waals surface area (Å²) in [5.41, 5.74) is 0. The molecule has 1 N–H and O–H groups in total. The van der Waals surface area contributed by atoms with E-state index in [-0.39, 0.29) is 32.0 Å². The number of carboxylic acids is 1. The maximum Gasteiger partial charge on any atom is 0.304 e. The summed E-state index contributed by atoms with van der Waals surface area (Å²) >= 11 is 0. The number of likely N-dealkylation sites (N-methyl/N-ethyl adjacent to an activating group) is 1. The zero-order chi connectivity index (χ0) is 15.9. The van der Waals surface area contributed by atoms with Crippen LogP contribution in [0.25, 0.3) is 0 Å². The standard InChI is InChI=1S/C11H23N3O5S/c1-5-7-14(9-10(15)12(2)3)20(18,19)13(4)8-6-11(16)17/h5-9H2,1-4H3,(H,16,17). The molecule has 0 radical (unpaired) electrons. The second kappa shape index (κ2) is 8.18. The van der Waals surface area contributed by atoms with Crippen LogP contribution in [0.3, 0.4) is 0 Å². The maximum atomic E-state index is 12.3. The van der Waals surface area contributed by atoms with E-state index >= 15 is 0 Å². The van der Waals surface area contributed by atoms with Crippen molar-refractivity contribution in [3.63, 3.8) is 0 Å². The van der Waals surface area contributed by atoms with Gasteiger partial charge in [0.1, 0.15) is 0 Å². The van der Waals surface area contributed by atoms with E-state index in [2.05, 4.69) is 0 Å². The average molecular weight is 309 g/mol. The van der Waals surface area contributed by atoms with Gasteiger partial charge in [-0.2, -0.15) is 17.0 Å². The van der Waals surface area contributed by atoms with Crippen molar-refractivity contribution in [2.24, 2.45) is 0 Å². The van der Waals surface area contributed by atoms with Gasteiger partial charge in [-0.15, -0.1) is 0 Å². The minimum Gasteiger partial charge on any atom is -0.481 e. The Balaban J connectivity index is 4.95. The Bertz CT molecular complexity index is 435. The molecule has 0 saturated heterocycles. The molecule has 0 unspecified atom stereocenters. The van der Waals surface area contributed by atoms with E-state index in [0.717, 1.165) is 8.61 Å². The summed E-state index contributed by atoms with van der Waals surface area (Å²) in [5, 5.41) is 8.59. The average Bonchev–Trinajstić information content (AvgIpc) is 2.34. The molecule has 0 aromatic heterocycles. The Labute approximate surface area is 120 Å². The highest BCUT2D eigenvalue weighted by atomic mass is 32.2. The fourth-order valence-electron chi connectivity index (χ4n) is 1.38. The van der Waals surface area contributed by atoms with E-state index < -0.39 is 16.2 Å². The van der Waals surface area contributed by atoms with Gasteiger partial charge in [0, 0.05) is 34.2 Å². The Morgan fingerprint density at radius 1 is 1.10 bits per heavy atom. The second-order valence-corrected chi connectivity index (χ2v) is 6.63. The van der Waals surface area contributed by atoms with Crippen LogP contribution in [0.15, 0.2) is 0 Å². The molecule has 9 heteroatoms. The third kappa shape index (κ3) is 5.85. The van der Waals surface area contributed by atoms with Crippen molar-refractivity contribution in [1.29, 1.82) is 0 Å². The van der Waals surface area contributed by atoms with E-state index in [1.54, 1.807) is 21.0 Å². The molecule has 8 nitrogen and oxygen atoms in total. The number of rotatable bonds is 9. The number of amides is 1. The molecule has 20 heavy (non-hydrogen) atoms. The van der Waals surface area contributed by atoms with Crippen LogP contribution in [0.4, 0.5) is 0 Å². The Morgan fingerprint density at radius 3 is 2.05 bits per heavy atom. The maximum absolute atomic E-state index is 12.3. The van der Waals surface area contributed by atoms with Crippen molar-refractivity contribution in [2.75, 3.05) is 40.8 Å². The van der Waals surface area contributed by atoms with Crippen LogP contribution in [0.2, 0.25) is 0 Å². The first-order chi connectivity index (χ1) is 9.12. The minimum atomic E-state index is -3.83. The van der Waals surface area contributed by atoms with Crippen LogP contribution in [-0.4, -0.2) is 79.7 Å². The number of hydrogen-bond acceptors (Lipinski definition) is 4. The third-order valence-corrected chi connectivity index (χ3v) is 4.58. The summed E-state index contributed by atoms with van der Waals surface area (Å²) in [4.78, 5) is 23.5. The summed E-state index contributed by atoms with van der Waals surface area (Å²) in [6.45, 7) is 1.63. The van der Waals surface area contributed by atoms with E-state index in [0.29, 0.717) is 6.42 Å². The molecule has 0 aliphatic carbocycles. The Kier molecular flexibility index (Phi) is 7.69. The van der Waals surface area contributed by atoms with Crippen LogP contribution in [-0.2, 0) is 19.8 Å². The smallest absolute Gasteiger partial charge is 0.304 e. The van der Waals surface area contributed by atoms with Crippen molar-refractivity contribution in [1.82, 2.24) is 13.5 Å². The second-order valence-electron chi connectivity index (χ2n) is 4.59. The van der Waals surface area contributed by atoms with Crippen molar-refractivity contribution in [3.05, 3.63) is 0 Å². The third-order valence-electron chi connectivity index (χ3n) is 2.64. The lowest BCUT2D eigenvalue weighted by molar-refractivity contribution is -0.137. The van der Waals surface area contributed by atoms with Gasteiger partial charge in [-0.25, -0.2) is 0 Å². The van der Waals surface area contributed by atoms with Crippen molar-refractivity contribution in [2.45, 2.75) is 19.8 Å². The number of hydrogen-bond donors (Lipinski definition) is 1. The van der Waals surface area contributed by atoms with Crippen molar-refractivity contribution in [3.8, 4) is 0 Å². The number of carbonyl (C=O) groups is 2. The predicted molar refractivity (Wildman–Crippen MR) is 74.4 cm³/mol. The summed E-state index contributed by atoms with van der Waals surface area (Å²) in [5.74, 6) is -1.40.